The number of rotatable bonds is 6. The van der Waals surface area contributed by atoms with E-state index in [4.69, 9.17) is 9.47 Å². The van der Waals surface area contributed by atoms with Crippen LogP contribution >= 0.6 is 0 Å². The molecule has 1 heterocycles. The number of hydrogen-bond donors (Lipinski definition) is 1. The van der Waals surface area contributed by atoms with E-state index >= 15 is 0 Å². The van der Waals surface area contributed by atoms with Crippen molar-refractivity contribution in [3.05, 3.63) is 48.1 Å². The number of methoxy groups -OCH3 is 1. The summed E-state index contributed by atoms with van der Waals surface area (Å²) in [5.41, 5.74) is 0.976. The van der Waals surface area contributed by atoms with Gasteiger partial charge in [0, 0.05) is 19.6 Å². The van der Waals surface area contributed by atoms with E-state index in [1.54, 1.807) is 26.2 Å². The lowest BCUT2D eigenvalue weighted by Gasteiger charge is -2.33. The van der Waals surface area contributed by atoms with Crippen LogP contribution in [0.1, 0.15) is 12.5 Å². The molecule has 1 aliphatic heterocycles. The van der Waals surface area contributed by atoms with Gasteiger partial charge in [0.2, 0.25) is 0 Å². The molecule has 2 rings (SSSR count). The largest absolute Gasteiger partial charge is 0.497 e. The van der Waals surface area contributed by atoms with Crippen LogP contribution in [0.3, 0.4) is 0 Å². The molecule has 25 heavy (non-hydrogen) atoms. The number of nitrogens with one attached hydrogen (secondary N) is 1. The van der Waals surface area contributed by atoms with Crippen LogP contribution in [0.25, 0.3) is 6.08 Å². The Hall–Kier alpha value is -2.60. The highest BCUT2D eigenvalue weighted by molar-refractivity contribution is 5.96. The fraction of sp³-hybridized carbons (Fsp3) is 0.368. The Morgan fingerprint density at radius 2 is 2.20 bits per heavy atom. The number of hydrogen-bond acceptors (Lipinski definition) is 5. The van der Waals surface area contributed by atoms with Crippen LogP contribution in [0.15, 0.2) is 42.5 Å². The second-order valence-corrected chi connectivity index (χ2v) is 5.51. The molecule has 1 aromatic rings. The summed E-state index contributed by atoms with van der Waals surface area (Å²) in [5.74, 6) is 0.649. The Morgan fingerprint density at radius 1 is 1.36 bits per heavy atom. The zero-order valence-corrected chi connectivity index (χ0v) is 14.6. The first-order valence-electron chi connectivity index (χ1n) is 8.32. The van der Waals surface area contributed by atoms with Gasteiger partial charge in [0.25, 0.3) is 0 Å². The fourth-order valence-corrected chi connectivity index (χ4v) is 2.56. The molecule has 6 nitrogen and oxygen atoms in total. The maximum Gasteiger partial charge on any atom is 0.410 e. The van der Waals surface area contributed by atoms with E-state index in [2.05, 4.69) is 5.32 Å². The van der Waals surface area contributed by atoms with Crippen molar-refractivity contribution < 1.29 is 19.1 Å². The summed E-state index contributed by atoms with van der Waals surface area (Å²) < 4.78 is 10.2. The highest BCUT2D eigenvalue weighted by atomic mass is 16.6. The fourth-order valence-electron chi connectivity index (χ4n) is 2.56. The van der Waals surface area contributed by atoms with Crippen molar-refractivity contribution in [2.24, 2.45) is 0 Å². The highest BCUT2D eigenvalue weighted by Gasteiger charge is 2.31. The smallest absolute Gasteiger partial charge is 0.410 e. The van der Waals surface area contributed by atoms with Crippen molar-refractivity contribution in [1.82, 2.24) is 10.2 Å². The Bertz CT molecular complexity index is 655. The average molecular weight is 344 g/mol. The highest BCUT2D eigenvalue weighted by Crippen LogP contribution is 2.13. The molecular formula is C19H24N2O4. The second kappa shape index (κ2) is 9.64. The van der Waals surface area contributed by atoms with Crippen LogP contribution in [0, 0.1) is 0 Å². The summed E-state index contributed by atoms with van der Waals surface area (Å²) in [5, 5.41) is 3.14. The van der Waals surface area contributed by atoms with E-state index in [9.17, 15) is 9.59 Å². The first-order chi connectivity index (χ1) is 12.2. The molecule has 1 aliphatic rings. The lowest BCUT2D eigenvalue weighted by molar-refractivity contribution is -0.119. The zero-order chi connectivity index (χ0) is 18.1. The Morgan fingerprint density at radius 3 is 2.96 bits per heavy atom. The molecule has 1 N–H and O–H groups in total. The van der Waals surface area contributed by atoms with Gasteiger partial charge in [0.15, 0.2) is 5.78 Å². The van der Waals surface area contributed by atoms with E-state index in [1.807, 2.05) is 30.3 Å². The summed E-state index contributed by atoms with van der Waals surface area (Å²) >= 11 is 0. The van der Waals surface area contributed by atoms with Crippen LogP contribution in [-0.4, -0.2) is 56.2 Å². The van der Waals surface area contributed by atoms with Crippen LogP contribution in [-0.2, 0) is 9.53 Å². The van der Waals surface area contributed by atoms with Gasteiger partial charge in [-0.05, 0) is 30.7 Å². The van der Waals surface area contributed by atoms with Crippen molar-refractivity contribution in [2.45, 2.75) is 13.0 Å². The summed E-state index contributed by atoms with van der Waals surface area (Å²) in [7, 11) is 1.62. The summed E-state index contributed by atoms with van der Waals surface area (Å²) in [6.07, 6.45) is 6.40. The minimum atomic E-state index is -0.533. The Kier molecular flexibility index (Phi) is 7.22. The molecule has 1 saturated heterocycles. The lowest BCUT2D eigenvalue weighted by Crippen LogP contribution is -2.56. The van der Waals surface area contributed by atoms with Crippen LogP contribution in [0.4, 0.5) is 4.79 Å². The molecule has 0 bridgehead atoms. The number of ketones is 1. The minimum absolute atomic E-state index is 0.129. The molecule has 134 valence electrons. The number of carbonyl (C=O) groups is 2. The van der Waals surface area contributed by atoms with E-state index in [0.29, 0.717) is 26.2 Å². The first kappa shape index (κ1) is 18.7. The number of nitrogens with zero attached hydrogens (tertiary/aromatic N) is 1. The van der Waals surface area contributed by atoms with Gasteiger partial charge in [-0.2, -0.15) is 0 Å². The third kappa shape index (κ3) is 5.46. The maximum atomic E-state index is 12.4. The molecule has 1 unspecified atom stereocenters. The molecular weight excluding hydrogens is 320 g/mol. The van der Waals surface area contributed by atoms with Crippen molar-refractivity contribution in [2.75, 3.05) is 33.4 Å². The minimum Gasteiger partial charge on any atom is -0.497 e. The van der Waals surface area contributed by atoms with Gasteiger partial charge in [-0.3, -0.25) is 9.69 Å². The van der Waals surface area contributed by atoms with Crippen molar-refractivity contribution in [3.8, 4) is 5.75 Å². The van der Waals surface area contributed by atoms with Gasteiger partial charge in [0.1, 0.15) is 11.8 Å². The zero-order valence-electron chi connectivity index (χ0n) is 14.6. The molecule has 0 aromatic heterocycles. The van der Waals surface area contributed by atoms with Crippen molar-refractivity contribution in [1.29, 1.82) is 0 Å². The van der Waals surface area contributed by atoms with Gasteiger partial charge in [-0.25, -0.2) is 4.79 Å². The number of amides is 1. The van der Waals surface area contributed by atoms with Gasteiger partial charge in [0.05, 0.1) is 13.7 Å². The first-order valence-corrected chi connectivity index (χ1v) is 8.32. The number of benzene rings is 1. The van der Waals surface area contributed by atoms with Gasteiger partial charge in [-0.1, -0.05) is 30.4 Å². The monoisotopic (exact) mass is 344 g/mol. The van der Waals surface area contributed by atoms with Crippen LogP contribution in [0.2, 0.25) is 0 Å². The van der Waals surface area contributed by atoms with E-state index in [1.165, 1.54) is 11.0 Å². The third-order valence-corrected chi connectivity index (χ3v) is 3.83. The molecule has 0 spiro atoms. The Balaban J connectivity index is 1.97. The Labute approximate surface area is 148 Å². The topological polar surface area (TPSA) is 67.9 Å². The molecule has 6 heteroatoms. The van der Waals surface area contributed by atoms with Crippen LogP contribution < -0.4 is 10.1 Å². The van der Waals surface area contributed by atoms with Crippen molar-refractivity contribution in [3.63, 3.8) is 0 Å². The van der Waals surface area contributed by atoms with Crippen LogP contribution in [0.5, 0.6) is 5.75 Å². The summed E-state index contributed by atoms with van der Waals surface area (Å²) in [4.78, 5) is 25.8. The molecule has 0 saturated carbocycles. The standard InChI is InChI=1S/C19H24N2O4/c1-3-25-19(23)21-12-11-20-14-17(21)18(22)10-5-4-7-15-8-6-9-16(13-15)24-2/h4-10,13,17,20H,3,11-12,14H2,1-2H3/b7-4+,10-5+. The molecule has 0 radical (unpaired) electrons. The quantitative estimate of drug-likeness (QED) is 0.633. The van der Waals surface area contributed by atoms with E-state index < -0.39 is 12.1 Å². The summed E-state index contributed by atoms with van der Waals surface area (Å²) in [6.45, 7) is 3.59. The van der Waals surface area contributed by atoms with E-state index in [-0.39, 0.29) is 5.78 Å². The molecule has 1 fully saturated rings. The van der Waals surface area contributed by atoms with E-state index in [0.717, 1.165) is 11.3 Å². The molecule has 0 aliphatic carbocycles. The molecule has 1 atom stereocenters. The predicted molar refractivity (Wildman–Crippen MR) is 96.6 cm³/mol. The van der Waals surface area contributed by atoms with Gasteiger partial charge < -0.3 is 14.8 Å². The number of carbonyl (C=O) groups excluding carboxylic acids is 2. The van der Waals surface area contributed by atoms with Crippen molar-refractivity contribution >= 4 is 18.0 Å². The normalized spacial score (nSPS) is 17.8. The number of allylic oxidation sites excluding steroid dienone is 2. The average Bonchev–Trinajstić information content (AvgIpc) is 2.65. The maximum absolute atomic E-state index is 12.4. The van der Waals surface area contributed by atoms with Gasteiger partial charge in [-0.15, -0.1) is 0 Å². The molecule has 1 amide bonds. The lowest BCUT2D eigenvalue weighted by atomic mass is 10.1. The van der Waals surface area contributed by atoms with Gasteiger partial charge >= 0.3 is 6.09 Å². The molecule has 1 aromatic carbocycles. The predicted octanol–water partition coefficient (Wildman–Crippen LogP) is 2.26. The summed E-state index contributed by atoms with van der Waals surface area (Å²) in [6, 6.07) is 7.09. The third-order valence-electron chi connectivity index (χ3n) is 3.83. The second-order valence-electron chi connectivity index (χ2n) is 5.51. The SMILES string of the molecule is CCOC(=O)N1CCNCC1C(=O)/C=C/C=C/c1cccc(OC)c1. The number of ether oxygens (including phenoxy) is 2. The number of piperazine rings is 1.